The van der Waals surface area contributed by atoms with Crippen molar-refractivity contribution >= 4 is 11.3 Å². The van der Waals surface area contributed by atoms with E-state index in [4.69, 9.17) is 9.26 Å². The molecule has 5 rings (SSSR count). The van der Waals surface area contributed by atoms with Crippen LogP contribution in [0, 0.1) is 6.92 Å². The van der Waals surface area contributed by atoms with Gasteiger partial charge in [-0.2, -0.15) is 4.98 Å². The lowest BCUT2D eigenvalue weighted by Crippen LogP contribution is -2.33. The Bertz CT molecular complexity index is 1330. The molecule has 184 valence electrons. The Morgan fingerprint density at radius 3 is 2.83 bits per heavy atom. The Balaban J connectivity index is 1.29. The minimum Gasteiger partial charge on any atom is -0.379 e. The van der Waals surface area contributed by atoms with Crippen molar-refractivity contribution in [2.45, 2.75) is 51.2 Å². The number of benzene rings is 1. The van der Waals surface area contributed by atoms with E-state index in [1.807, 2.05) is 41.8 Å². The first-order chi connectivity index (χ1) is 16.8. The Labute approximate surface area is 198 Å². The van der Waals surface area contributed by atoms with Crippen LogP contribution in [0.1, 0.15) is 41.5 Å². The standard InChI is InChI=1S/C24H23F4N5O2/c1-14-2-4-16(22-31-23(35-32-22)17-7-24(27,28)8-17)6-19(14)29-9-18-10-30-21-5-3-15(11-33(18)21)12-34-13-20(25)26/h2-6,10-11,17,20,29H,7-9,12-13H2,1H3. The second-order valence-corrected chi connectivity index (χ2v) is 8.72. The molecule has 1 fully saturated rings. The van der Waals surface area contributed by atoms with E-state index in [9.17, 15) is 17.6 Å². The van der Waals surface area contributed by atoms with Crippen molar-refractivity contribution < 1.29 is 26.8 Å². The minimum atomic E-state index is -2.66. The predicted octanol–water partition coefficient (Wildman–Crippen LogP) is 5.60. The molecule has 3 heterocycles. The predicted molar refractivity (Wildman–Crippen MR) is 120 cm³/mol. The zero-order chi connectivity index (χ0) is 24.6. The highest BCUT2D eigenvalue weighted by molar-refractivity contribution is 5.65. The number of aryl methyl sites for hydroxylation is 1. The van der Waals surface area contributed by atoms with Crippen LogP contribution in [-0.4, -0.2) is 38.5 Å². The van der Waals surface area contributed by atoms with Crippen LogP contribution in [0.5, 0.6) is 0 Å². The van der Waals surface area contributed by atoms with Crippen molar-refractivity contribution in [1.82, 2.24) is 19.5 Å². The molecule has 3 aromatic heterocycles. The molecule has 1 aliphatic carbocycles. The number of halogens is 4. The van der Waals surface area contributed by atoms with E-state index in [0.29, 0.717) is 17.9 Å². The van der Waals surface area contributed by atoms with Gasteiger partial charge in [-0.15, -0.1) is 0 Å². The van der Waals surface area contributed by atoms with Crippen LogP contribution in [0.4, 0.5) is 23.2 Å². The molecule has 1 N–H and O–H groups in total. The SMILES string of the molecule is Cc1ccc(-c2noc(C3CC(F)(F)C3)n2)cc1NCc1cnc2ccc(COCC(F)F)cn12. The van der Waals surface area contributed by atoms with Gasteiger partial charge < -0.3 is 19.0 Å². The number of anilines is 1. The van der Waals surface area contributed by atoms with Gasteiger partial charge in [0, 0.05) is 36.2 Å². The quantitative estimate of drug-likeness (QED) is 0.309. The molecule has 1 saturated carbocycles. The summed E-state index contributed by atoms with van der Waals surface area (Å²) in [7, 11) is 0. The van der Waals surface area contributed by atoms with Gasteiger partial charge in [0.05, 0.1) is 25.0 Å². The fraction of sp³-hybridized carbons (Fsp3) is 0.375. The Morgan fingerprint density at radius 2 is 2.06 bits per heavy atom. The summed E-state index contributed by atoms with van der Waals surface area (Å²) in [5.41, 5.74) is 4.89. The summed E-state index contributed by atoms with van der Waals surface area (Å²) in [4.78, 5) is 8.71. The molecule has 0 spiro atoms. The molecule has 11 heteroatoms. The third kappa shape index (κ3) is 5.14. The Hall–Kier alpha value is -3.47. The summed E-state index contributed by atoms with van der Waals surface area (Å²) >= 11 is 0. The molecular formula is C24H23F4N5O2. The van der Waals surface area contributed by atoms with E-state index in [1.54, 1.807) is 12.3 Å². The first-order valence-corrected chi connectivity index (χ1v) is 11.1. The van der Waals surface area contributed by atoms with Gasteiger partial charge in [-0.3, -0.25) is 0 Å². The van der Waals surface area contributed by atoms with Crippen molar-refractivity contribution in [2.75, 3.05) is 11.9 Å². The summed E-state index contributed by atoms with van der Waals surface area (Å²) in [6, 6.07) is 9.25. The number of fused-ring (bicyclic) bond motifs is 1. The van der Waals surface area contributed by atoms with Gasteiger partial charge in [-0.25, -0.2) is 22.5 Å². The number of nitrogens with one attached hydrogen (secondary N) is 1. The number of hydrogen-bond acceptors (Lipinski definition) is 6. The number of pyridine rings is 1. The molecule has 1 aliphatic rings. The molecule has 0 amide bonds. The number of alkyl halides is 4. The molecule has 0 saturated heterocycles. The molecule has 35 heavy (non-hydrogen) atoms. The van der Waals surface area contributed by atoms with E-state index in [-0.39, 0.29) is 25.3 Å². The first-order valence-electron chi connectivity index (χ1n) is 11.1. The van der Waals surface area contributed by atoms with Gasteiger partial charge in [0.25, 0.3) is 6.43 Å². The molecule has 0 aliphatic heterocycles. The van der Waals surface area contributed by atoms with Crippen LogP contribution in [0.15, 0.2) is 47.2 Å². The van der Waals surface area contributed by atoms with Gasteiger partial charge >= 0.3 is 0 Å². The van der Waals surface area contributed by atoms with E-state index in [2.05, 4.69) is 20.4 Å². The highest BCUT2D eigenvalue weighted by Gasteiger charge is 2.48. The maximum absolute atomic E-state index is 13.2. The average molecular weight is 489 g/mol. The third-order valence-corrected chi connectivity index (χ3v) is 5.99. The van der Waals surface area contributed by atoms with Gasteiger partial charge in [0.15, 0.2) is 0 Å². The van der Waals surface area contributed by atoms with Crippen molar-refractivity contribution in [3.63, 3.8) is 0 Å². The second kappa shape index (κ2) is 9.29. The molecule has 0 atom stereocenters. The number of aromatic nitrogens is 4. The molecule has 0 bridgehead atoms. The lowest BCUT2D eigenvalue weighted by Gasteiger charge is -2.31. The summed E-state index contributed by atoms with van der Waals surface area (Å²) < 4.78 is 63.1. The van der Waals surface area contributed by atoms with Crippen LogP contribution in [0.2, 0.25) is 0 Å². The summed E-state index contributed by atoms with van der Waals surface area (Å²) in [5.74, 6) is -2.48. The van der Waals surface area contributed by atoms with Gasteiger partial charge in [-0.05, 0) is 30.2 Å². The smallest absolute Gasteiger partial charge is 0.261 e. The van der Waals surface area contributed by atoms with E-state index in [0.717, 1.165) is 28.2 Å². The highest BCUT2D eigenvalue weighted by Crippen LogP contribution is 2.48. The average Bonchev–Trinajstić information content (AvgIpc) is 3.44. The van der Waals surface area contributed by atoms with E-state index < -0.39 is 24.9 Å². The zero-order valence-corrected chi connectivity index (χ0v) is 18.8. The normalized spacial score (nSPS) is 15.6. The number of hydrogen-bond donors (Lipinski definition) is 1. The maximum Gasteiger partial charge on any atom is 0.261 e. The molecule has 0 unspecified atom stereocenters. The number of imidazole rings is 1. The van der Waals surface area contributed by atoms with Gasteiger partial charge in [-0.1, -0.05) is 23.4 Å². The molecule has 4 aromatic rings. The third-order valence-electron chi connectivity index (χ3n) is 5.99. The summed E-state index contributed by atoms with van der Waals surface area (Å²) in [6.07, 6.45) is 0.515. The van der Waals surface area contributed by atoms with Crippen molar-refractivity contribution in [1.29, 1.82) is 0 Å². The Morgan fingerprint density at radius 1 is 1.23 bits per heavy atom. The van der Waals surface area contributed by atoms with Crippen LogP contribution in [0.3, 0.4) is 0 Å². The monoisotopic (exact) mass is 489 g/mol. The summed E-state index contributed by atoms with van der Waals surface area (Å²) in [5, 5.41) is 7.35. The maximum atomic E-state index is 13.2. The number of rotatable bonds is 9. The topological polar surface area (TPSA) is 77.5 Å². The highest BCUT2D eigenvalue weighted by atomic mass is 19.3. The van der Waals surface area contributed by atoms with Crippen LogP contribution in [-0.2, 0) is 17.9 Å². The number of ether oxygens (including phenoxy) is 1. The fourth-order valence-corrected chi connectivity index (χ4v) is 4.05. The molecular weight excluding hydrogens is 466 g/mol. The minimum absolute atomic E-state index is 0.0810. The van der Waals surface area contributed by atoms with Gasteiger partial charge in [0.1, 0.15) is 12.3 Å². The van der Waals surface area contributed by atoms with Crippen LogP contribution >= 0.6 is 0 Å². The molecule has 7 nitrogen and oxygen atoms in total. The van der Waals surface area contributed by atoms with E-state index >= 15 is 0 Å². The van der Waals surface area contributed by atoms with Crippen molar-refractivity contribution in [3.05, 3.63) is 65.4 Å². The second-order valence-electron chi connectivity index (χ2n) is 8.72. The van der Waals surface area contributed by atoms with Gasteiger partial charge in [0.2, 0.25) is 17.6 Å². The zero-order valence-electron chi connectivity index (χ0n) is 18.8. The fourth-order valence-electron chi connectivity index (χ4n) is 4.05. The largest absolute Gasteiger partial charge is 0.379 e. The van der Waals surface area contributed by atoms with Crippen molar-refractivity contribution in [2.24, 2.45) is 0 Å². The lowest BCUT2D eigenvalue weighted by atomic mass is 9.81. The van der Waals surface area contributed by atoms with Crippen LogP contribution in [0.25, 0.3) is 17.0 Å². The molecule has 1 aromatic carbocycles. The Kier molecular flexibility index (Phi) is 6.18. The lowest BCUT2D eigenvalue weighted by molar-refractivity contribution is -0.0925. The molecule has 0 radical (unpaired) electrons. The first kappa shape index (κ1) is 23.3. The van der Waals surface area contributed by atoms with E-state index in [1.165, 1.54) is 0 Å². The van der Waals surface area contributed by atoms with Crippen molar-refractivity contribution in [3.8, 4) is 11.4 Å². The van der Waals surface area contributed by atoms with Crippen LogP contribution < -0.4 is 5.32 Å². The summed E-state index contributed by atoms with van der Waals surface area (Å²) in [6.45, 7) is 1.87. The number of nitrogens with zero attached hydrogens (tertiary/aromatic N) is 4.